The molecule has 2 aromatic carbocycles. The molecule has 0 spiro atoms. The largest absolute Gasteiger partial charge is 0.273 e. The molecule has 0 radical (unpaired) electrons. The van der Waals surface area contributed by atoms with Crippen LogP contribution in [-0.4, -0.2) is 20.4 Å². The SMILES string of the molecule is O=C(c1ccccc1)n1c2ccccc2c2ncncc21. The average Bonchev–Trinajstić information content (AvgIpc) is 2.90. The zero-order valence-electron chi connectivity index (χ0n) is 11.1. The number of hydrogen-bond donors (Lipinski definition) is 0. The highest BCUT2D eigenvalue weighted by Gasteiger charge is 2.17. The molecule has 0 aliphatic carbocycles. The van der Waals surface area contributed by atoms with Gasteiger partial charge in [0, 0.05) is 10.9 Å². The van der Waals surface area contributed by atoms with Crippen LogP contribution in [0.4, 0.5) is 0 Å². The van der Waals surface area contributed by atoms with E-state index in [4.69, 9.17) is 0 Å². The summed E-state index contributed by atoms with van der Waals surface area (Å²) in [5.41, 5.74) is 3.02. The predicted octanol–water partition coefficient (Wildman–Crippen LogP) is 3.27. The quantitative estimate of drug-likeness (QED) is 0.534. The van der Waals surface area contributed by atoms with Crippen LogP contribution in [0, 0.1) is 0 Å². The maximum Gasteiger partial charge on any atom is 0.262 e. The Hall–Kier alpha value is -3.01. The molecule has 0 saturated carbocycles. The normalized spacial score (nSPS) is 11.0. The van der Waals surface area contributed by atoms with E-state index in [9.17, 15) is 4.79 Å². The van der Waals surface area contributed by atoms with Crippen molar-refractivity contribution in [2.24, 2.45) is 0 Å². The molecule has 21 heavy (non-hydrogen) atoms. The van der Waals surface area contributed by atoms with Crippen molar-refractivity contribution in [2.75, 3.05) is 0 Å². The summed E-state index contributed by atoms with van der Waals surface area (Å²) in [6.45, 7) is 0. The molecule has 0 saturated heterocycles. The lowest BCUT2D eigenvalue weighted by Gasteiger charge is -2.05. The molecular weight excluding hydrogens is 262 g/mol. The first-order valence-electron chi connectivity index (χ1n) is 6.65. The molecule has 0 amide bonds. The summed E-state index contributed by atoms with van der Waals surface area (Å²) >= 11 is 0. The van der Waals surface area contributed by atoms with Crippen molar-refractivity contribution in [3.05, 3.63) is 72.7 Å². The molecule has 2 aromatic heterocycles. The molecule has 4 aromatic rings. The minimum Gasteiger partial charge on any atom is -0.273 e. The molecule has 0 unspecified atom stereocenters. The standard InChI is InChI=1S/C17H11N3O/c21-17(12-6-2-1-3-7-12)20-14-9-5-4-8-13(14)16-15(20)10-18-11-19-16/h1-11H. The fourth-order valence-corrected chi connectivity index (χ4v) is 2.62. The molecule has 0 bridgehead atoms. The van der Waals surface area contributed by atoms with E-state index in [0.717, 1.165) is 21.9 Å². The summed E-state index contributed by atoms with van der Waals surface area (Å²) in [4.78, 5) is 21.2. The summed E-state index contributed by atoms with van der Waals surface area (Å²) in [6, 6.07) is 17.0. The Morgan fingerprint density at radius 3 is 2.52 bits per heavy atom. The highest BCUT2D eigenvalue weighted by Crippen LogP contribution is 2.27. The third-order valence-corrected chi connectivity index (χ3v) is 3.56. The van der Waals surface area contributed by atoms with E-state index in [1.54, 1.807) is 10.8 Å². The summed E-state index contributed by atoms with van der Waals surface area (Å²) in [5.74, 6) is -0.0726. The van der Waals surface area contributed by atoms with E-state index in [1.807, 2.05) is 54.6 Å². The lowest BCUT2D eigenvalue weighted by Crippen LogP contribution is -2.11. The predicted molar refractivity (Wildman–Crippen MR) is 81.2 cm³/mol. The van der Waals surface area contributed by atoms with Crippen LogP contribution in [0.15, 0.2) is 67.1 Å². The van der Waals surface area contributed by atoms with Crippen molar-refractivity contribution in [3.8, 4) is 0 Å². The molecule has 0 fully saturated rings. The van der Waals surface area contributed by atoms with E-state index >= 15 is 0 Å². The van der Waals surface area contributed by atoms with E-state index < -0.39 is 0 Å². The highest BCUT2D eigenvalue weighted by molar-refractivity contribution is 6.14. The average molecular weight is 273 g/mol. The summed E-state index contributed by atoms with van der Waals surface area (Å²) < 4.78 is 1.68. The molecule has 0 atom stereocenters. The summed E-state index contributed by atoms with van der Waals surface area (Å²) in [6.07, 6.45) is 3.19. The molecular formula is C17H11N3O. The zero-order chi connectivity index (χ0) is 14.2. The monoisotopic (exact) mass is 273 g/mol. The van der Waals surface area contributed by atoms with Crippen LogP contribution < -0.4 is 0 Å². The number of nitrogens with zero attached hydrogens (tertiary/aromatic N) is 3. The van der Waals surface area contributed by atoms with Crippen molar-refractivity contribution in [3.63, 3.8) is 0 Å². The van der Waals surface area contributed by atoms with Crippen LogP contribution in [0.5, 0.6) is 0 Å². The van der Waals surface area contributed by atoms with Gasteiger partial charge in [0.05, 0.1) is 22.7 Å². The van der Waals surface area contributed by atoms with Gasteiger partial charge >= 0.3 is 0 Å². The van der Waals surface area contributed by atoms with Gasteiger partial charge in [0.2, 0.25) is 0 Å². The van der Waals surface area contributed by atoms with Gasteiger partial charge < -0.3 is 0 Å². The Morgan fingerprint density at radius 2 is 1.67 bits per heavy atom. The Balaban J connectivity index is 2.09. The van der Waals surface area contributed by atoms with Crippen LogP contribution in [0.1, 0.15) is 10.4 Å². The number of aromatic nitrogens is 3. The molecule has 0 aliphatic heterocycles. The van der Waals surface area contributed by atoms with Gasteiger partial charge in [-0.25, -0.2) is 9.97 Å². The second-order valence-corrected chi connectivity index (χ2v) is 4.78. The summed E-state index contributed by atoms with van der Waals surface area (Å²) in [7, 11) is 0. The summed E-state index contributed by atoms with van der Waals surface area (Å²) in [5, 5.41) is 0.958. The van der Waals surface area contributed by atoms with Gasteiger partial charge in [0.15, 0.2) is 0 Å². The van der Waals surface area contributed by atoms with Gasteiger partial charge in [-0.1, -0.05) is 36.4 Å². The van der Waals surface area contributed by atoms with Gasteiger partial charge in [-0.15, -0.1) is 0 Å². The van der Waals surface area contributed by atoms with Crippen molar-refractivity contribution in [1.29, 1.82) is 0 Å². The Kier molecular flexibility index (Phi) is 2.54. The third-order valence-electron chi connectivity index (χ3n) is 3.56. The first-order valence-corrected chi connectivity index (χ1v) is 6.65. The van der Waals surface area contributed by atoms with Gasteiger partial charge in [-0.2, -0.15) is 0 Å². The van der Waals surface area contributed by atoms with Crippen LogP contribution in [-0.2, 0) is 0 Å². The van der Waals surface area contributed by atoms with Gasteiger partial charge in [0.25, 0.3) is 5.91 Å². The fraction of sp³-hybridized carbons (Fsp3) is 0. The molecule has 0 N–H and O–H groups in total. The van der Waals surface area contributed by atoms with E-state index in [-0.39, 0.29) is 5.91 Å². The minimum absolute atomic E-state index is 0.0726. The number of fused-ring (bicyclic) bond motifs is 3. The first kappa shape index (κ1) is 11.8. The van der Waals surface area contributed by atoms with E-state index in [2.05, 4.69) is 9.97 Å². The second kappa shape index (κ2) is 4.52. The number of hydrogen-bond acceptors (Lipinski definition) is 3. The van der Waals surface area contributed by atoms with Gasteiger partial charge in [0.1, 0.15) is 6.33 Å². The number of carbonyl (C=O) groups is 1. The van der Waals surface area contributed by atoms with Crippen LogP contribution >= 0.6 is 0 Å². The maximum absolute atomic E-state index is 12.8. The topological polar surface area (TPSA) is 47.8 Å². The highest BCUT2D eigenvalue weighted by atomic mass is 16.2. The van der Waals surface area contributed by atoms with Crippen LogP contribution in [0.25, 0.3) is 21.9 Å². The molecule has 4 rings (SSSR count). The third kappa shape index (κ3) is 1.73. The van der Waals surface area contributed by atoms with Crippen LogP contribution in [0.2, 0.25) is 0 Å². The number of rotatable bonds is 1. The molecule has 4 nitrogen and oxygen atoms in total. The van der Waals surface area contributed by atoms with Crippen molar-refractivity contribution in [2.45, 2.75) is 0 Å². The Labute approximate surface area is 120 Å². The lowest BCUT2D eigenvalue weighted by molar-refractivity contribution is 0.0969. The first-order chi connectivity index (χ1) is 10.4. The van der Waals surface area contributed by atoms with Gasteiger partial charge in [-0.05, 0) is 18.2 Å². The maximum atomic E-state index is 12.8. The molecule has 2 heterocycles. The van der Waals surface area contributed by atoms with Crippen LogP contribution in [0.3, 0.4) is 0 Å². The number of carbonyl (C=O) groups excluding carboxylic acids is 1. The fourth-order valence-electron chi connectivity index (χ4n) is 2.62. The molecule has 0 aliphatic rings. The Bertz CT molecular complexity index is 904. The van der Waals surface area contributed by atoms with Gasteiger partial charge in [-0.3, -0.25) is 9.36 Å². The zero-order valence-corrected chi connectivity index (χ0v) is 11.1. The molecule has 100 valence electrons. The van der Waals surface area contributed by atoms with E-state index in [0.29, 0.717) is 5.56 Å². The van der Waals surface area contributed by atoms with Crippen molar-refractivity contribution < 1.29 is 4.79 Å². The minimum atomic E-state index is -0.0726. The number of benzene rings is 2. The second-order valence-electron chi connectivity index (χ2n) is 4.78. The van der Waals surface area contributed by atoms with Crippen molar-refractivity contribution in [1.82, 2.24) is 14.5 Å². The smallest absolute Gasteiger partial charge is 0.262 e. The Morgan fingerprint density at radius 1 is 0.905 bits per heavy atom. The van der Waals surface area contributed by atoms with E-state index in [1.165, 1.54) is 6.33 Å². The lowest BCUT2D eigenvalue weighted by atomic mass is 10.2. The molecule has 4 heteroatoms. The van der Waals surface area contributed by atoms with Crippen molar-refractivity contribution >= 4 is 27.8 Å². The number of para-hydroxylation sites is 1.